The first-order chi connectivity index (χ1) is 11.8. The van der Waals surface area contributed by atoms with Crippen LogP contribution in [0.25, 0.3) is 21.9 Å². The predicted molar refractivity (Wildman–Crippen MR) is 95.5 cm³/mol. The zero-order valence-electron chi connectivity index (χ0n) is 13.4. The minimum Gasteiger partial charge on any atom is -0.465 e. The number of rotatable bonds is 2. The van der Waals surface area contributed by atoms with Gasteiger partial charge in [0.25, 0.3) is 0 Å². The molecule has 25 heavy (non-hydrogen) atoms. The Morgan fingerprint density at radius 3 is 2.68 bits per heavy atom. The Balaban J connectivity index is 2.28. The Kier molecular flexibility index (Phi) is 4.18. The van der Waals surface area contributed by atoms with Crippen LogP contribution >= 0.6 is 11.6 Å². The molecule has 0 unspecified atom stereocenters. The number of fused-ring (bicyclic) bond motifs is 1. The van der Waals surface area contributed by atoms with Crippen molar-refractivity contribution in [3.8, 4) is 11.1 Å². The SMILES string of the molecule is Cc1c(-c2cc3cc(N)ncc3c(Cl)c2F)cncc1N(C)C(=O)O. The van der Waals surface area contributed by atoms with Crippen molar-refractivity contribution in [3.05, 3.63) is 47.1 Å². The van der Waals surface area contributed by atoms with E-state index in [0.29, 0.717) is 27.6 Å². The van der Waals surface area contributed by atoms with Gasteiger partial charge in [-0.25, -0.2) is 14.2 Å². The van der Waals surface area contributed by atoms with Gasteiger partial charge >= 0.3 is 6.09 Å². The van der Waals surface area contributed by atoms with E-state index >= 15 is 0 Å². The molecule has 0 saturated carbocycles. The van der Waals surface area contributed by atoms with Gasteiger partial charge in [0.1, 0.15) is 11.6 Å². The van der Waals surface area contributed by atoms with Gasteiger partial charge in [-0.3, -0.25) is 9.88 Å². The summed E-state index contributed by atoms with van der Waals surface area (Å²) >= 11 is 6.16. The molecule has 0 radical (unpaired) electrons. The van der Waals surface area contributed by atoms with Gasteiger partial charge in [0.05, 0.1) is 16.9 Å². The van der Waals surface area contributed by atoms with Crippen molar-refractivity contribution >= 4 is 40.0 Å². The van der Waals surface area contributed by atoms with Gasteiger partial charge in [0.15, 0.2) is 0 Å². The number of pyridine rings is 2. The Hall–Kier alpha value is -2.93. The Labute approximate surface area is 147 Å². The van der Waals surface area contributed by atoms with E-state index in [1.54, 1.807) is 19.1 Å². The van der Waals surface area contributed by atoms with Crippen molar-refractivity contribution in [1.82, 2.24) is 9.97 Å². The van der Waals surface area contributed by atoms with Gasteiger partial charge in [-0.1, -0.05) is 11.6 Å². The Bertz CT molecular complexity index is 1010. The minimum atomic E-state index is -1.14. The first-order valence-corrected chi connectivity index (χ1v) is 7.64. The number of hydrogen-bond acceptors (Lipinski definition) is 4. The highest BCUT2D eigenvalue weighted by Crippen LogP contribution is 2.37. The van der Waals surface area contributed by atoms with Crippen LogP contribution in [0.4, 0.5) is 20.7 Å². The monoisotopic (exact) mass is 360 g/mol. The third-order valence-corrected chi connectivity index (χ3v) is 4.42. The van der Waals surface area contributed by atoms with Crippen molar-refractivity contribution < 1.29 is 14.3 Å². The number of carboxylic acid groups (broad SMARTS) is 1. The van der Waals surface area contributed by atoms with Crippen LogP contribution in [0.3, 0.4) is 0 Å². The summed E-state index contributed by atoms with van der Waals surface area (Å²) in [5, 5.41) is 10.2. The van der Waals surface area contributed by atoms with Crippen LogP contribution in [-0.2, 0) is 0 Å². The molecule has 0 fully saturated rings. The molecule has 3 aromatic rings. The van der Waals surface area contributed by atoms with Crippen LogP contribution in [0.1, 0.15) is 5.56 Å². The summed E-state index contributed by atoms with van der Waals surface area (Å²) < 4.78 is 14.8. The van der Waals surface area contributed by atoms with E-state index in [0.717, 1.165) is 4.90 Å². The molecule has 1 aromatic carbocycles. The molecule has 8 heteroatoms. The highest BCUT2D eigenvalue weighted by molar-refractivity contribution is 6.36. The van der Waals surface area contributed by atoms with Crippen LogP contribution in [0.2, 0.25) is 5.02 Å². The fourth-order valence-electron chi connectivity index (χ4n) is 2.67. The fraction of sp³-hybridized carbons (Fsp3) is 0.118. The topological polar surface area (TPSA) is 92.3 Å². The van der Waals surface area contributed by atoms with Crippen molar-refractivity contribution in [3.63, 3.8) is 0 Å². The zero-order valence-corrected chi connectivity index (χ0v) is 14.2. The molecule has 128 valence electrons. The van der Waals surface area contributed by atoms with E-state index in [4.69, 9.17) is 17.3 Å². The average Bonchev–Trinajstić information content (AvgIpc) is 2.57. The van der Waals surface area contributed by atoms with Gasteiger partial charge in [-0.15, -0.1) is 0 Å². The maximum atomic E-state index is 14.8. The van der Waals surface area contributed by atoms with Crippen LogP contribution in [0.15, 0.2) is 30.7 Å². The molecule has 0 aliphatic rings. The molecular formula is C17H14ClFN4O2. The number of benzene rings is 1. The molecule has 3 N–H and O–H groups in total. The first-order valence-electron chi connectivity index (χ1n) is 7.26. The van der Waals surface area contributed by atoms with Crippen LogP contribution < -0.4 is 10.6 Å². The molecule has 2 heterocycles. The highest BCUT2D eigenvalue weighted by Gasteiger charge is 2.19. The summed E-state index contributed by atoms with van der Waals surface area (Å²) in [6, 6.07) is 3.20. The van der Waals surface area contributed by atoms with Crippen molar-refractivity contribution in [2.75, 3.05) is 17.7 Å². The standard InChI is InChI=1S/C17H14ClFN4O2/c1-8-11(5-21-7-13(8)23(2)17(24)25)10-3-9-4-14(20)22-6-12(9)15(18)16(10)19/h3-7H,1-2H3,(H2,20,22)(H,24,25). The van der Waals surface area contributed by atoms with Gasteiger partial charge in [0, 0.05) is 36.0 Å². The van der Waals surface area contributed by atoms with Crippen LogP contribution in [0.5, 0.6) is 0 Å². The summed E-state index contributed by atoms with van der Waals surface area (Å²) in [5.41, 5.74) is 7.28. The number of hydrogen-bond donors (Lipinski definition) is 2. The highest BCUT2D eigenvalue weighted by atomic mass is 35.5. The summed E-state index contributed by atoms with van der Waals surface area (Å²) in [4.78, 5) is 20.2. The number of halogens is 2. The van der Waals surface area contributed by atoms with Gasteiger partial charge in [0.2, 0.25) is 0 Å². The fourth-order valence-corrected chi connectivity index (χ4v) is 2.93. The minimum absolute atomic E-state index is 0.0728. The average molecular weight is 361 g/mol. The Morgan fingerprint density at radius 1 is 1.28 bits per heavy atom. The zero-order chi connectivity index (χ0) is 18.3. The second kappa shape index (κ2) is 6.18. The molecule has 0 bridgehead atoms. The molecule has 0 spiro atoms. The molecule has 0 aliphatic carbocycles. The van der Waals surface area contributed by atoms with E-state index in [1.165, 1.54) is 25.6 Å². The lowest BCUT2D eigenvalue weighted by Gasteiger charge is -2.18. The second-order valence-electron chi connectivity index (χ2n) is 5.56. The number of nitrogen functional groups attached to an aromatic ring is 1. The summed E-state index contributed by atoms with van der Waals surface area (Å²) in [7, 11) is 1.40. The van der Waals surface area contributed by atoms with Crippen molar-refractivity contribution in [2.24, 2.45) is 0 Å². The van der Waals surface area contributed by atoms with Crippen molar-refractivity contribution in [1.29, 1.82) is 0 Å². The van der Waals surface area contributed by atoms with Crippen LogP contribution in [-0.4, -0.2) is 28.2 Å². The molecule has 0 atom stereocenters. The van der Waals surface area contributed by atoms with Gasteiger partial charge in [-0.05, 0) is 30.0 Å². The number of aromatic nitrogens is 2. The molecule has 0 aliphatic heterocycles. The smallest absolute Gasteiger partial charge is 0.411 e. The maximum Gasteiger partial charge on any atom is 0.411 e. The Morgan fingerprint density at radius 2 is 2.00 bits per heavy atom. The molecule has 6 nitrogen and oxygen atoms in total. The molecule has 1 amide bonds. The molecule has 0 saturated heterocycles. The van der Waals surface area contributed by atoms with Gasteiger partial charge in [-0.2, -0.15) is 0 Å². The van der Waals surface area contributed by atoms with Crippen molar-refractivity contribution in [2.45, 2.75) is 6.92 Å². The van der Waals surface area contributed by atoms with E-state index in [1.807, 2.05) is 0 Å². The van der Waals surface area contributed by atoms with Gasteiger partial charge < -0.3 is 10.8 Å². The number of anilines is 2. The summed E-state index contributed by atoms with van der Waals surface area (Å²) in [6.45, 7) is 1.70. The van der Waals surface area contributed by atoms with E-state index in [9.17, 15) is 14.3 Å². The predicted octanol–water partition coefficient (Wildman–Crippen LogP) is 4.09. The number of nitrogens with zero attached hydrogens (tertiary/aromatic N) is 3. The molecule has 3 rings (SSSR count). The lowest BCUT2D eigenvalue weighted by atomic mass is 9.98. The van der Waals surface area contributed by atoms with E-state index in [2.05, 4.69) is 9.97 Å². The summed E-state index contributed by atoms with van der Waals surface area (Å²) in [6.07, 6.45) is 3.16. The largest absolute Gasteiger partial charge is 0.465 e. The number of amides is 1. The number of carbonyl (C=O) groups is 1. The lowest BCUT2D eigenvalue weighted by molar-refractivity contribution is 0.203. The lowest BCUT2D eigenvalue weighted by Crippen LogP contribution is -2.24. The maximum absolute atomic E-state index is 14.8. The molecular weight excluding hydrogens is 347 g/mol. The quantitative estimate of drug-likeness (QED) is 0.718. The normalized spacial score (nSPS) is 10.9. The third-order valence-electron chi connectivity index (χ3n) is 4.05. The van der Waals surface area contributed by atoms with Crippen LogP contribution in [0, 0.1) is 12.7 Å². The first kappa shape index (κ1) is 16.9. The third kappa shape index (κ3) is 2.83. The summed E-state index contributed by atoms with van der Waals surface area (Å²) in [5.74, 6) is -0.337. The van der Waals surface area contributed by atoms with E-state index < -0.39 is 11.9 Å². The van der Waals surface area contributed by atoms with E-state index in [-0.39, 0.29) is 16.4 Å². The second-order valence-corrected chi connectivity index (χ2v) is 5.93. The number of nitrogens with two attached hydrogens (primary N) is 1. The molecule has 2 aromatic heterocycles.